The van der Waals surface area contributed by atoms with Gasteiger partial charge in [-0.3, -0.25) is 9.59 Å². The summed E-state index contributed by atoms with van der Waals surface area (Å²) in [6.07, 6.45) is 1.69. The van der Waals surface area contributed by atoms with E-state index in [4.69, 9.17) is 5.73 Å². The molecule has 0 saturated carbocycles. The predicted molar refractivity (Wildman–Crippen MR) is 68.4 cm³/mol. The first kappa shape index (κ1) is 15.9. The molecule has 17 heavy (non-hydrogen) atoms. The first-order valence-electron chi connectivity index (χ1n) is 6.09. The minimum absolute atomic E-state index is 0.0557. The van der Waals surface area contributed by atoms with E-state index in [0.29, 0.717) is 31.7 Å². The quantitative estimate of drug-likeness (QED) is 0.677. The van der Waals surface area contributed by atoms with E-state index in [1.165, 1.54) is 4.90 Å². The molecule has 0 spiro atoms. The van der Waals surface area contributed by atoms with Crippen LogP contribution in [0.4, 0.5) is 0 Å². The van der Waals surface area contributed by atoms with Crippen molar-refractivity contribution in [3.63, 3.8) is 0 Å². The summed E-state index contributed by atoms with van der Waals surface area (Å²) >= 11 is 0. The summed E-state index contributed by atoms with van der Waals surface area (Å²) < 4.78 is 0. The van der Waals surface area contributed by atoms with Crippen LogP contribution in [0.5, 0.6) is 0 Å². The summed E-state index contributed by atoms with van der Waals surface area (Å²) in [5.74, 6) is 0.204. The van der Waals surface area contributed by atoms with Gasteiger partial charge in [0.2, 0.25) is 11.8 Å². The molecule has 0 bridgehead atoms. The molecule has 0 aromatic rings. The van der Waals surface area contributed by atoms with E-state index in [1.807, 2.05) is 13.8 Å². The van der Waals surface area contributed by atoms with Crippen molar-refractivity contribution in [3.8, 4) is 0 Å². The van der Waals surface area contributed by atoms with Gasteiger partial charge in [-0.15, -0.1) is 0 Å². The van der Waals surface area contributed by atoms with Gasteiger partial charge in [0.05, 0.1) is 0 Å². The van der Waals surface area contributed by atoms with E-state index in [0.717, 1.165) is 0 Å². The Balaban J connectivity index is 4.38. The van der Waals surface area contributed by atoms with Gasteiger partial charge in [0.25, 0.3) is 0 Å². The Bertz CT molecular complexity index is 252. The molecule has 0 heterocycles. The highest BCUT2D eigenvalue weighted by Crippen LogP contribution is 2.07. The zero-order chi connectivity index (χ0) is 13.4. The van der Waals surface area contributed by atoms with Crippen LogP contribution < -0.4 is 11.1 Å². The summed E-state index contributed by atoms with van der Waals surface area (Å²) in [6, 6.07) is -0.421. The average Bonchev–Trinajstić information content (AvgIpc) is 2.23. The lowest BCUT2D eigenvalue weighted by molar-refractivity contribution is -0.134. The van der Waals surface area contributed by atoms with Crippen molar-refractivity contribution in [1.82, 2.24) is 10.2 Å². The zero-order valence-corrected chi connectivity index (χ0v) is 11.3. The SMILES string of the molecule is CC(C)CC(NC(=O)CCCN)C(=O)N(C)C. The van der Waals surface area contributed by atoms with Crippen LogP contribution in [0.2, 0.25) is 0 Å². The van der Waals surface area contributed by atoms with Gasteiger partial charge < -0.3 is 16.0 Å². The lowest BCUT2D eigenvalue weighted by Gasteiger charge is -2.23. The summed E-state index contributed by atoms with van der Waals surface area (Å²) in [6.45, 7) is 4.55. The Morgan fingerprint density at radius 3 is 2.29 bits per heavy atom. The Hall–Kier alpha value is -1.10. The molecular weight excluding hydrogens is 218 g/mol. The van der Waals surface area contributed by atoms with Gasteiger partial charge in [-0.1, -0.05) is 13.8 Å². The smallest absolute Gasteiger partial charge is 0.244 e. The van der Waals surface area contributed by atoms with E-state index < -0.39 is 6.04 Å². The number of rotatable bonds is 7. The van der Waals surface area contributed by atoms with Crippen molar-refractivity contribution in [3.05, 3.63) is 0 Å². The number of carbonyl (C=O) groups excluding carboxylic acids is 2. The molecule has 0 radical (unpaired) electrons. The average molecular weight is 243 g/mol. The highest BCUT2D eigenvalue weighted by Gasteiger charge is 2.22. The second-order valence-corrected chi connectivity index (χ2v) is 4.87. The third-order valence-electron chi connectivity index (χ3n) is 2.39. The van der Waals surface area contributed by atoms with Crippen LogP contribution in [-0.2, 0) is 9.59 Å². The Morgan fingerprint density at radius 2 is 1.88 bits per heavy atom. The molecule has 0 aliphatic heterocycles. The molecule has 0 fully saturated rings. The molecule has 0 aliphatic carbocycles. The van der Waals surface area contributed by atoms with Gasteiger partial charge in [0.1, 0.15) is 6.04 Å². The van der Waals surface area contributed by atoms with Crippen LogP contribution in [-0.4, -0.2) is 43.4 Å². The normalized spacial score (nSPS) is 12.4. The summed E-state index contributed by atoms with van der Waals surface area (Å²) in [4.78, 5) is 25.0. The number of amides is 2. The first-order chi connectivity index (χ1) is 7.88. The molecule has 0 aliphatic rings. The number of nitrogens with two attached hydrogens (primary N) is 1. The van der Waals surface area contributed by atoms with Gasteiger partial charge >= 0.3 is 0 Å². The number of hydrogen-bond donors (Lipinski definition) is 2. The summed E-state index contributed by atoms with van der Waals surface area (Å²) in [5, 5.41) is 2.78. The summed E-state index contributed by atoms with van der Waals surface area (Å²) in [7, 11) is 3.39. The van der Waals surface area contributed by atoms with Crippen molar-refractivity contribution in [2.24, 2.45) is 11.7 Å². The minimum Gasteiger partial charge on any atom is -0.347 e. The fraction of sp³-hybridized carbons (Fsp3) is 0.833. The van der Waals surface area contributed by atoms with Crippen molar-refractivity contribution in [1.29, 1.82) is 0 Å². The second-order valence-electron chi connectivity index (χ2n) is 4.87. The van der Waals surface area contributed by atoms with Gasteiger partial charge in [-0.05, 0) is 25.3 Å². The van der Waals surface area contributed by atoms with Gasteiger partial charge in [0, 0.05) is 20.5 Å². The van der Waals surface area contributed by atoms with Crippen LogP contribution >= 0.6 is 0 Å². The molecule has 5 nitrogen and oxygen atoms in total. The van der Waals surface area contributed by atoms with E-state index in [-0.39, 0.29) is 11.8 Å². The second kappa shape index (κ2) is 8.06. The van der Waals surface area contributed by atoms with E-state index >= 15 is 0 Å². The molecule has 5 heteroatoms. The topological polar surface area (TPSA) is 75.4 Å². The standard InChI is InChI=1S/C12H25N3O2/c1-9(2)8-10(12(17)15(3)4)14-11(16)6-5-7-13/h9-10H,5-8,13H2,1-4H3,(H,14,16). The van der Waals surface area contributed by atoms with Gasteiger partial charge in [-0.2, -0.15) is 0 Å². The molecule has 0 rings (SSSR count). The third kappa shape index (κ3) is 6.94. The monoisotopic (exact) mass is 243 g/mol. The van der Waals surface area contributed by atoms with Crippen molar-refractivity contribution < 1.29 is 9.59 Å². The van der Waals surface area contributed by atoms with Crippen LogP contribution in [0, 0.1) is 5.92 Å². The fourth-order valence-corrected chi connectivity index (χ4v) is 1.53. The number of likely N-dealkylation sites (N-methyl/N-ethyl adjacent to an activating group) is 1. The van der Waals surface area contributed by atoms with E-state index in [9.17, 15) is 9.59 Å². The highest BCUT2D eigenvalue weighted by molar-refractivity contribution is 5.87. The number of carbonyl (C=O) groups is 2. The highest BCUT2D eigenvalue weighted by atomic mass is 16.2. The van der Waals surface area contributed by atoms with E-state index in [1.54, 1.807) is 14.1 Å². The van der Waals surface area contributed by atoms with Gasteiger partial charge in [-0.25, -0.2) is 0 Å². The molecule has 1 unspecified atom stereocenters. The number of nitrogens with one attached hydrogen (secondary N) is 1. The minimum atomic E-state index is -0.421. The molecule has 3 N–H and O–H groups in total. The molecule has 100 valence electrons. The molecule has 1 atom stereocenters. The Kier molecular flexibility index (Phi) is 7.54. The Morgan fingerprint density at radius 1 is 1.29 bits per heavy atom. The maximum Gasteiger partial charge on any atom is 0.244 e. The summed E-state index contributed by atoms with van der Waals surface area (Å²) in [5.41, 5.74) is 5.34. The fourth-order valence-electron chi connectivity index (χ4n) is 1.53. The number of hydrogen-bond acceptors (Lipinski definition) is 3. The molecular formula is C12H25N3O2. The predicted octanol–water partition coefficient (Wildman–Crippen LogP) is 0.344. The molecule has 0 saturated heterocycles. The molecule has 2 amide bonds. The van der Waals surface area contributed by atoms with Crippen LogP contribution in [0.1, 0.15) is 33.1 Å². The Labute approximate surface area is 104 Å². The maximum atomic E-state index is 11.9. The van der Waals surface area contributed by atoms with Crippen molar-refractivity contribution in [2.75, 3.05) is 20.6 Å². The third-order valence-corrected chi connectivity index (χ3v) is 2.39. The van der Waals surface area contributed by atoms with Crippen LogP contribution in [0.25, 0.3) is 0 Å². The van der Waals surface area contributed by atoms with Crippen LogP contribution in [0.15, 0.2) is 0 Å². The first-order valence-corrected chi connectivity index (χ1v) is 6.09. The van der Waals surface area contributed by atoms with E-state index in [2.05, 4.69) is 5.32 Å². The lowest BCUT2D eigenvalue weighted by atomic mass is 10.0. The molecule has 0 aromatic carbocycles. The zero-order valence-electron chi connectivity index (χ0n) is 11.3. The molecule has 0 aromatic heterocycles. The number of nitrogens with zero attached hydrogens (tertiary/aromatic N) is 1. The van der Waals surface area contributed by atoms with Gasteiger partial charge in [0.15, 0.2) is 0 Å². The maximum absolute atomic E-state index is 11.9. The largest absolute Gasteiger partial charge is 0.347 e. The van der Waals surface area contributed by atoms with Crippen LogP contribution in [0.3, 0.4) is 0 Å². The lowest BCUT2D eigenvalue weighted by Crippen LogP contribution is -2.46. The van der Waals surface area contributed by atoms with Crippen molar-refractivity contribution >= 4 is 11.8 Å². The van der Waals surface area contributed by atoms with Crippen molar-refractivity contribution in [2.45, 2.75) is 39.2 Å².